The smallest absolute Gasteiger partial charge is 0.485 e. The van der Waals surface area contributed by atoms with Crippen molar-refractivity contribution in [1.82, 2.24) is 9.80 Å². The molecule has 2 aliphatic rings. The quantitative estimate of drug-likeness (QED) is 0.708. The lowest BCUT2D eigenvalue weighted by molar-refractivity contribution is -0.0803. The van der Waals surface area contributed by atoms with Crippen LogP contribution in [-0.2, 0) is 9.84 Å². The van der Waals surface area contributed by atoms with E-state index in [1.54, 1.807) is 36.9 Å². The summed E-state index contributed by atoms with van der Waals surface area (Å²) in [7, 11) is -3.91. The number of halogens is 3. The number of sulfone groups is 1. The summed E-state index contributed by atoms with van der Waals surface area (Å²) in [4.78, 5) is 6.03. The normalized spacial score (nSPS) is 25.5. The van der Waals surface area contributed by atoms with Crippen molar-refractivity contribution in [2.75, 3.05) is 20.1 Å². The molecule has 29 heavy (non-hydrogen) atoms. The van der Waals surface area contributed by atoms with Gasteiger partial charge in [-0.25, -0.2) is 8.42 Å². The average molecular weight is 432 g/mol. The molecule has 0 spiro atoms. The number of hydrogen-bond acceptors (Lipinski definition) is 6. The van der Waals surface area contributed by atoms with Crippen molar-refractivity contribution < 1.29 is 31.4 Å². The van der Waals surface area contributed by atoms with Crippen molar-refractivity contribution in [3.63, 3.8) is 0 Å². The maximum atomic E-state index is 13.0. The van der Waals surface area contributed by atoms with Crippen molar-refractivity contribution in [1.29, 1.82) is 5.26 Å². The number of rotatable bonds is 2. The van der Waals surface area contributed by atoms with E-state index in [2.05, 4.69) is 4.99 Å². The third-order valence-corrected chi connectivity index (χ3v) is 6.54. The molecule has 0 bridgehead atoms. The number of aliphatic imine (C=N–C) groups is 1. The number of ether oxygens (including phenoxy) is 1. The number of likely N-dealkylation sites (N-methyl/N-ethyl adjacent to an activating group) is 1. The summed E-state index contributed by atoms with van der Waals surface area (Å²) in [6, 6.07) is 1.88. The van der Waals surface area contributed by atoms with E-state index in [4.69, 9.17) is 10.00 Å². The van der Waals surface area contributed by atoms with Gasteiger partial charge in [-0.2, -0.15) is 18.4 Å². The minimum atomic E-state index is -5.59. The molecule has 1 fully saturated rings. The Balaban J connectivity index is 2.20. The second kappa shape index (κ2) is 6.77. The second-order valence-electron chi connectivity index (χ2n) is 7.37. The molecule has 2 atom stereocenters. The van der Waals surface area contributed by atoms with Gasteiger partial charge in [-0.15, -0.1) is 4.99 Å². The van der Waals surface area contributed by atoms with Gasteiger partial charge in [-0.3, -0.25) is 0 Å². The van der Waals surface area contributed by atoms with Gasteiger partial charge >= 0.3 is 5.51 Å². The Labute approximate surface area is 165 Å². The monoisotopic (exact) mass is 432 g/mol. The van der Waals surface area contributed by atoms with E-state index in [1.807, 2.05) is 0 Å². The summed E-state index contributed by atoms with van der Waals surface area (Å²) in [5.74, 6) is 0.376. The Morgan fingerprint density at radius 3 is 2.59 bits per heavy atom. The first-order valence-corrected chi connectivity index (χ1v) is 10.1. The van der Waals surface area contributed by atoms with Gasteiger partial charge in [0.25, 0.3) is 9.84 Å². The molecule has 0 radical (unpaired) electrons. The summed E-state index contributed by atoms with van der Waals surface area (Å²) in [6.45, 7) is 4.00. The predicted molar refractivity (Wildman–Crippen MR) is 95.5 cm³/mol. The van der Waals surface area contributed by atoms with E-state index >= 15 is 0 Å². The number of nitriles is 1. The van der Waals surface area contributed by atoms with Gasteiger partial charge in [-0.05, 0) is 32.0 Å². The molecule has 2 aliphatic heterocycles. The standard InChI is InChI=1S/C17H19F3N4O4S/c1-16(2)14(25)13(24-7-6-23(3)15(24)22-9-21)11-8-10(4-5-12(11)28-16)29(26,27)17(18,19)20/h4-5,8,13-14,25H,6-7H2,1-3H3/t13-,14+/m0/s1. The van der Waals surface area contributed by atoms with Gasteiger partial charge in [0.15, 0.2) is 0 Å². The van der Waals surface area contributed by atoms with Gasteiger partial charge in [0, 0.05) is 25.7 Å². The molecule has 0 amide bonds. The van der Waals surface area contributed by atoms with Crippen molar-refractivity contribution in [3.05, 3.63) is 23.8 Å². The van der Waals surface area contributed by atoms with E-state index in [0.717, 1.165) is 18.2 Å². The van der Waals surface area contributed by atoms with Crippen LogP contribution >= 0.6 is 0 Å². The topological polar surface area (TPSA) is 106 Å². The van der Waals surface area contributed by atoms with Gasteiger partial charge in [0.1, 0.15) is 17.5 Å². The number of benzene rings is 1. The number of alkyl halides is 3. The zero-order valence-electron chi connectivity index (χ0n) is 15.8. The number of aliphatic hydroxyl groups is 1. The molecule has 0 aliphatic carbocycles. The molecule has 1 aromatic rings. The van der Waals surface area contributed by atoms with Crippen LogP contribution < -0.4 is 4.74 Å². The van der Waals surface area contributed by atoms with Crippen LogP contribution in [0, 0.1) is 11.5 Å². The van der Waals surface area contributed by atoms with E-state index in [0.29, 0.717) is 13.1 Å². The van der Waals surface area contributed by atoms with Crippen molar-refractivity contribution in [3.8, 4) is 11.9 Å². The third kappa shape index (κ3) is 3.38. The Morgan fingerprint density at radius 1 is 1.34 bits per heavy atom. The van der Waals surface area contributed by atoms with Crippen molar-refractivity contribution >= 4 is 15.8 Å². The van der Waals surface area contributed by atoms with Crippen LogP contribution in [0.15, 0.2) is 28.1 Å². The fourth-order valence-corrected chi connectivity index (χ4v) is 4.32. The summed E-state index contributed by atoms with van der Waals surface area (Å²) >= 11 is 0. The Hall–Kier alpha value is -2.52. The highest BCUT2D eigenvalue weighted by molar-refractivity contribution is 7.92. The SMILES string of the molecule is CN1CCN([C@H]2c3cc(S(=O)(=O)C(F)(F)F)ccc3OC(C)(C)[C@@H]2O)C1=NC#N. The van der Waals surface area contributed by atoms with E-state index in [9.17, 15) is 26.7 Å². The van der Waals surface area contributed by atoms with Crippen molar-refractivity contribution in [2.45, 2.75) is 42.0 Å². The van der Waals surface area contributed by atoms with Crippen LogP contribution in [0.4, 0.5) is 13.2 Å². The minimum Gasteiger partial charge on any atom is -0.485 e. The molecular weight excluding hydrogens is 413 g/mol. The maximum Gasteiger partial charge on any atom is 0.501 e. The predicted octanol–water partition coefficient (Wildman–Crippen LogP) is 1.64. The number of hydrogen-bond donors (Lipinski definition) is 1. The molecule has 12 heteroatoms. The minimum absolute atomic E-state index is 0.0723. The van der Waals surface area contributed by atoms with Gasteiger partial charge in [-0.1, -0.05) is 0 Å². The summed E-state index contributed by atoms with van der Waals surface area (Å²) in [6.07, 6.45) is 0.430. The maximum absolute atomic E-state index is 13.0. The largest absolute Gasteiger partial charge is 0.501 e. The lowest BCUT2D eigenvalue weighted by Crippen LogP contribution is -2.54. The second-order valence-corrected chi connectivity index (χ2v) is 9.31. The molecule has 0 unspecified atom stereocenters. The molecule has 1 saturated heterocycles. The molecule has 1 N–H and O–H groups in total. The first kappa shape index (κ1) is 21.2. The van der Waals surface area contributed by atoms with Gasteiger partial charge < -0.3 is 19.6 Å². The van der Waals surface area contributed by atoms with Crippen molar-refractivity contribution in [2.24, 2.45) is 4.99 Å². The fourth-order valence-electron chi connectivity index (χ4n) is 3.52. The molecule has 158 valence electrons. The average Bonchev–Trinajstić information content (AvgIpc) is 2.95. The highest BCUT2D eigenvalue weighted by atomic mass is 32.2. The van der Waals surface area contributed by atoms with Crippen LogP contribution in [0.1, 0.15) is 25.5 Å². The summed E-state index contributed by atoms with van der Waals surface area (Å²) in [5.41, 5.74) is -6.52. The lowest BCUT2D eigenvalue weighted by atomic mass is 9.85. The molecule has 0 saturated carbocycles. The van der Waals surface area contributed by atoms with E-state index < -0.39 is 38.0 Å². The van der Waals surface area contributed by atoms with Crippen LogP contribution in [-0.4, -0.2) is 66.6 Å². The summed E-state index contributed by atoms with van der Waals surface area (Å²) in [5, 5.41) is 19.9. The van der Waals surface area contributed by atoms with Gasteiger partial charge in [0.05, 0.1) is 10.9 Å². The lowest BCUT2D eigenvalue weighted by Gasteiger charge is -2.45. The number of fused-ring (bicyclic) bond motifs is 1. The Bertz CT molecular complexity index is 1000. The Morgan fingerprint density at radius 2 is 2.00 bits per heavy atom. The summed E-state index contributed by atoms with van der Waals surface area (Å²) < 4.78 is 68.5. The van der Waals surface area contributed by atoms with E-state index in [-0.39, 0.29) is 17.3 Å². The molecule has 8 nitrogen and oxygen atoms in total. The highest BCUT2D eigenvalue weighted by Gasteiger charge is 2.50. The fraction of sp³-hybridized carbons (Fsp3) is 0.529. The first-order chi connectivity index (χ1) is 13.3. The molecule has 2 heterocycles. The van der Waals surface area contributed by atoms with Crippen LogP contribution in [0.2, 0.25) is 0 Å². The number of nitrogens with zero attached hydrogens (tertiary/aromatic N) is 4. The van der Waals surface area contributed by atoms with Crippen LogP contribution in [0.25, 0.3) is 0 Å². The Kier molecular flexibility index (Phi) is 4.95. The molecular formula is C17H19F3N4O4S. The molecule has 1 aromatic carbocycles. The highest BCUT2D eigenvalue weighted by Crippen LogP contribution is 2.45. The van der Waals surface area contributed by atoms with Crippen LogP contribution in [0.5, 0.6) is 5.75 Å². The zero-order chi connectivity index (χ0) is 21.8. The molecule has 3 rings (SSSR count). The van der Waals surface area contributed by atoms with Crippen LogP contribution in [0.3, 0.4) is 0 Å². The zero-order valence-corrected chi connectivity index (χ0v) is 16.6. The van der Waals surface area contributed by atoms with E-state index in [1.165, 1.54) is 0 Å². The van der Waals surface area contributed by atoms with Gasteiger partial charge in [0.2, 0.25) is 12.2 Å². The molecule has 0 aromatic heterocycles. The number of aliphatic hydroxyl groups excluding tert-OH is 1. The first-order valence-electron chi connectivity index (χ1n) is 8.58. The third-order valence-electron chi connectivity index (χ3n) is 5.06. The number of guanidine groups is 1.